The summed E-state index contributed by atoms with van der Waals surface area (Å²) in [7, 11) is 0. The van der Waals surface area contributed by atoms with E-state index >= 15 is 0 Å². The van der Waals surface area contributed by atoms with Gasteiger partial charge in [-0.1, -0.05) is 17.7 Å². The Morgan fingerprint density at radius 3 is 3.00 bits per heavy atom. The predicted molar refractivity (Wildman–Crippen MR) is 82.5 cm³/mol. The number of aromatic nitrogens is 2. The molecule has 0 aliphatic carbocycles. The topological polar surface area (TPSA) is 41.9 Å². The van der Waals surface area contributed by atoms with Crippen LogP contribution in [0.5, 0.6) is 0 Å². The van der Waals surface area contributed by atoms with E-state index in [4.69, 9.17) is 23.8 Å². The van der Waals surface area contributed by atoms with Crippen molar-refractivity contribution in [1.29, 1.82) is 0 Å². The second-order valence-electron chi connectivity index (χ2n) is 4.17. The third kappa shape index (κ3) is 4.79. The van der Waals surface area contributed by atoms with Gasteiger partial charge in [0.15, 0.2) is 5.11 Å². The fraction of sp³-hybridized carbons (Fsp3) is 0.231. The smallest absolute Gasteiger partial charge is 0.170 e. The molecule has 2 aromatic rings. The lowest BCUT2D eigenvalue weighted by Crippen LogP contribution is -2.29. The molecule has 0 aliphatic heterocycles. The maximum Gasteiger partial charge on any atom is 0.170 e. The van der Waals surface area contributed by atoms with Crippen LogP contribution in [0.15, 0.2) is 36.7 Å². The Balaban J connectivity index is 1.67. The van der Waals surface area contributed by atoms with Crippen molar-refractivity contribution in [3.8, 4) is 0 Å². The molecule has 2 rings (SSSR count). The van der Waals surface area contributed by atoms with Crippen LogP contribution in [-0.4, -0.2) is 21.4 Å². The number of hydrogen-bond donors (Lipinski definition) is 2. The summed E-state index contributed by atoms with van der Waals surface area (Å²) in [6, 6.07) is 6.15. The second-order valence-corrected chi connectivity index (χ2v) is 5.01. The van der Waals surface area contributed by atoms with E-state index in [0.717, 1.165) is 13.0 Å². The zero-order valence-corrected chi connectivity index (χ0v) is 12.2. The zero-order chi connectivity index (χ0) is 14.4. The van der Waals surface area contributed by atoms with Crippen LogP contribution in [0.3, 0.4) is 0 Å². The molecule has 0 saturated carbocycles. The maximum atomic E-state index is 13.0. The molecule has 0 bridgehead atoms. The Kier molecular flexibility index (Phi) is 5.31. The molecule has 0 spiro atoms. The Hall–Kier alpha value is -1.66. The first-order chi connectivity index (χ1) is 9.63. The van der Waals surface area contributed by atoms with Crippen molar-refractivity contribution in [2.24, 2.45) is 0 Å². The number of nitrogens with one attached hydrogen (secondary N) is 2. The molecule has 1 heterocycles. The normalized spacial score (nSPS) is 10.3. The van der Waals surface area contributed by atoms with Gasteiger partial charge in [0.1, 0.15) is 5.82 Å². The summed E-state index contributed by atoms with van der Waals surface area (Å²) < 4.78 is 14.8. The molecular formula is C13H14ClFN4S. The molecule has 0 aliphatic rings. The number of halogens is 2. The molecule has 2 N–H and O–H groups in total. The first-order valence-corrected chi connectivity index (χ1v) is 6.90. The van der Waals surface area contributed by atoms with E-state index < -0.39 is 0 Å². The number of hydrogen-bond acceptors (Lipinski definition) is 2. The summed E-state index contributed by atoms with van der Waals surface area (Å²) in [5.41, 5.74) is 0.626. The van der Waals surface area contributed by atoms with E-state index in [-0.39, 0.29) is 5.82 Å². The van der Waals surface area contributed by atoms with Crippen molar-refractivity contribution in [3.05, 3.63) is 47.5 Å². The number of benzene rings is 1. The minimum Gasteiger partial charge on any atom is -0.362 e. The highest BCUT2D eigenvalue weighted by atomic mass is 35.5. The zero-order valence-electron chi connectivity index (χ0n) is 10.6. The molecular weight excluding hydrogens is 299 g/mol. The van der Waals surface area contributed by atoms with Crippen molar-refractivity contribution in [3.63, 3.8) is 0 Å². The largest absolute Gasteiger partial charge is 0.362 e. The minimum absolute atomic E-state index is 0.298. The van der Waals surface area contributed by atoms with Gasteiger partial charge < -0.3 is 10.6 Å². The minimum atomic E-state index is -0.298. The summed E-state index contributed by atoms with van der Waals surface area (Å²) in [6.07, 6.45) is 4.22. The molecule has 0 fully saturated rings. The lowest BCUT2D eigenvalue weighted by Gasteiger charge is -2.10. The van der Waals surface area contributed by atoms with E-state index in [1.54, 1.807) is 29.2 Å². The van der Waals surface area contributed by atoms with Crippen molar-refractivity contribution in [1.82, 2.24) is 15.1 Å². The van der Waals surface area contributed by atoms with Gasteiger partial charge in [0.2, 0.25) is 0 Å². The first kappa shape index (κ1) is 14.7. The lowest BCUT2D eigenvalue weighted by atomic mass is 10.3. The van der Waals surface area contributed by atoms with Crippen molar-refractivity contribution >= 4 is 34.6 Å². The van der Waals surface area contributed by atoms with Crippen LogP contribution in [0.1, 0.15) is 6.42 Å². The third-order valence-corrected chi connectivity index (χ3v) is 2.98. The number of thiocarbonyl (C=S) groups is 1. The Morgan fingerprint density at radius 2 is 2.30 bits per heavy atom. The Morgan fingerprint density at radius 1 is 1.45 bits per heavy atom. The molecule has 0 unspecified atom stereocenters. The van der Waals surface area contributed by atoms with Crippen LogP contribution in [-0.2, 0) is 6.54 Å². The maximum absolute atomic E-state index is 13.0. The molecule has 0 saturated heterocycles. The van der Waals surface area contributed by atoms with E-state index in [0.29, 0.717) is 22.4 Å². The van der Waals surface area contributed by atoms with Gasteiger partial charge in [-0.05, 0) is 36.8 Å². The van der Waals surface area contributed by atoms with Crippen LogP contribution in [0.25, 0.3) is 0 Å². The molecule has 1 aromatic carbocycles. The van der Waals surface area contributed by atoms with Crippen molar-refractivity contribution < 1.29 is 4.39 Å². The average molecular weight is 313 g/mol. The predicted octanol–water partition coefficient (Wildman–Crippen LogP) is 3.05. The average Bonchev–Trinajstić information content (AvgIpc) is 2.80. The van der Waals surface area contributed by atoms with Gasteiger partial charge in [-0.25, -0.2) is 4.39 Å². The van der Waals surface area contributed by atoms with Gasteiger partial charge in [0.25, 0.3) is 0 Å². The van der Waals surface area contributed by atoms with E-state index in [9.17, 15) is 4.39 Å². The van der Waals surface area contributed by atoms with E-state index in [1.165, 1.54) is 12.1 Å². The number of anilines is 1. The van der Waals surface area contributed by atoms with Crippen LogP contribution in [0.2, 0.25) is 5.02 Å². The molecule has 0 radical (unpaired) electrons. The van der Waals surface area contributed by atoms with Gasteiger partial charge in [-0.15, -0.1) is 0 Å². The summed E-state index contributed by atoms with van der Waals surface area (Å²) in [6.45, 7) is 1.45. The lowest BCUT2D eigenvalue weighted by molar-refractivity contribution is 0.574. The summed E-state index contributed by atoms with van der Waals surface area (Å²) in [5.74, 6) is -0.298. The first-order valence-electron chi connectivity index (χ1n) is 6.12. The van der Waals surface area contributed by atoms with Crippen molar-refractivity contribution in [2.45, 2.75) is 13.0 Å². The molecule has 7 heteroatoms. The van der Waals surface area contributed by atoms with Gasteiger partial charge in [0.05, 0.1) is 11.2 Å². The standard InChI is InChI=1S/C13H14ClFN4S/c14-10-8-17-19(9-10)6-2-5-16-13(20)18-12-4-1-3-11(15)7-12/h1,3-4,7-9H,2,5-6H2,(H2,16,18,20). The highest BCUT2D eigenvalue weighted by Gasteiger charge is 1.99. The van der Waals surface area contributed by atoms with E-state index in [2.05, 4.69) is 15.7 Å². The van der Waals surface area contributed by atoms with Crippen LogP contribution >= 0.6 is 23.8 Å². The fourth-order valence-corrected chi connectivity index (χ4v) is 2.02. The quantitative estimate of drug-likeness (QED) is 0.658. The summed E-state index contributed by atoms with van der Waals surface area (Å²) >= 11 is 10.9. The molecule has 106 valence electrons. The monoisotopic (exact) mass is 312 g/mol. The fourth-order valence-electron chi connectivity index (χ4n) is 1.65. The number of nitrogens with zero attached hydrogens (tertiary/aromatic N) is 2. The highest BCUT2D eigenvalue weighted by molar-refractivity contribution is 7.80. The molecule has 20 heavy (non-hydrogen) atoms. The van der Waals surface area contributed by atoms with Gasteiger partial charge in [-0.2, -0.15) is 5.10 Å². The molecule has 1 aromatic heterocycles. The number of aryl methyl sites for hydroxylation is 1. The second kappa shape index (κ2) is 7.21. The Bertz CT molecular complexity index is 587. The summed E-state index contributed by atoms with van der Waals surface area (Å²) in [4.78, 5) is 0. The van der Waals surface area contributed by atoms with Crippen LogP contribution in [0, 0.1) is 5.82 Å². The molecule has 0 amide bonds. The van der Waals surface area contributed by atoms with Gasteiger partial charge in [-0.3, -0.25) is 4.68 Å². The summed E-state index contributed by atoms with van der Waals surface area (Å²) in [5, 5.41) is 11.1. The molecule has 4 nitrogen and oxygen atoms in total. The van der Waals surface area contributed by atoms with E-state index in [1.807, 2.05) is 0 Å². The third-order valence-electron chi connectivity index (χ3n) is 2.53. The van der Waals surface area contributed by atoms with Crippen molar-refractivity contribution in [2.75, 3.05) is 11.9 Å². The van der Waals surface area contributed by atoms with Crippen LogP contribution < -0.4 is 10.6 Å². The van der Waals surface area contributed by atoms with Crippen LogP contribution in [0.4, 0.5) is 10.1 Å². The Labute approximate surface area is 126 Å². The SMILES string of the molecule is Fc1cccc(NC(=S)NCCCn2cc(Cl)cn2)c1. The van der Waals surface area contributed by atoms with Gasteiger partial charge in [0, 0.05) is 25.0 Å². The van der Waals surface area contributed by atoms with Gasteiger partial charge >= 0.3 is 0 Å². The molecule has 0 atom stereocenters. The highest BCUT2D eigenvalue weighted by Crippen LogP contribution is 2.08. The number of rotatable bonds is 5.